The summed E-state index contributed by atoms with van der Waals surface area (Å²) in [6.45, 7) is 0. The number of rotatable bonds is 4. The van der Waals surface area contributed by atoms with Crippen molar-refractivity contribution in [3.05, 3.63) is 35.4 Å². The Labute approximate surface area is 105 Å². The molecule has 1 aliphatic carbocycles. The van der Waals surface area contributed by atoms with Gasteiger partial charge in [-0.05, 0) is 36.5 Å². The second-order valence-electron chi connectivity index (χ2n) is 4.84. The highest BCUT2D eigenvalue weighted by Crippen LogP contribution is 2.40. The standard InChI is InChI=1S/C14H16F2O2/c15-13(16)12(9-4-1-2-5-9)10-6-3-7-11(8-10)14(17)18/h3,6-9,12-13H,1-2,4-5H2,(H,17,18). The maximum Gasteiger partial charge on any atom is 0.335 e. The summed E-state index contributed by atoms with van der Waals surface area (Å²) in [4.78, 5) is 10.9. The van der Waals surface area contributed by atoms with Gasteiger partial charge in [-0.25, -0.2) is 13.6 Å². The molecule has 1 saturated carbocycles. The smallest absolute Gasteiger partial charge is 0.335 e. The van der Waals surface area contributed by atoms with Crippen molar-refractivity contribution in [2.24, 2.45) is 5.92 Å². The monoisotopic (exact) mass is 254 g/mol. The summed E-state index contributed by atoms with van der Waals surface area (Å²) in [5, 5.41) is 8.91. The van der Waals surface area contributed by atoms with E-state index in [2.05, 4.69) is 0 Å². The summed E-state index contributed by atoms with van der Waals surface area (Å²) in [7, 11) is 0. The first-order valence-electron chi connectivity index (χ1n) is 6.21. The predicted octanol–water partition coefficient (Wildman–Crippen LogP) is 3.92. The Kier molecular flexibility index (Phi) is 3.94. The van der Waals surface area contributed by atoms with Gasteiger partial charge in [0.2, 0.25) is 6.43 Å². The van der Waals surface area contributed by atoms with Gasteiger partial charge in [0, 0.05) is 5.92 Å². The highest BCUT2D eigenvalue weighted by atomic mass is 19.3. The van der Waals surface area contributed by atoms with Crippen molar-refractivity contribution in [3.63, 3.8) is 0 Å². The van der Waals surface area contributed by atoms with E-state index in [0.717, 1.165) is 25.7 Å². The largest absolute Gasteiger partial charge is 0.478 e. The van der Waals surface area contributed by atoms with Gasteiger partial charge in [-0.1, -0.05) is 25.0 Å². The number of carboxylic acids is 1. The van der Waals surface area contributed by atoms with Crippen LogP contribution in [0.5, 0.6) is 0 Å². The van der Waals surface area contributed by atoms with Crippen LogP contribution in [-0.2, 0) is 0 Å². The molecule has 0 heterocycles. The molecular weight excluding hydrogens is 238 g/mol. The molecule has 0 radical (unpaired) electrons. The number of benzene rings is 1. The van der Waals surface area contributed by atoms with E-state index in [4.69, 9.17) is 5.11 Å². The molecule has 1 N–H and O–H groups in total. The molecule has 2 nitrogen and oxygen atoms in total. The lowest BCUT2D eigenvalue weighted by Gasteiger charge is -2.23. The van der Waals surface area contributed by atoms with E-state index < -0.39 is 18.3 Å². The average molecular weight is 254 g/mol. The third-order valence-corrected chi connectivity index (χ3v) is 3.70. The SMILES string of the molecule is O=C(O)c1cccc(C(C(F)F)C2CCCC2)c1. The van der Waals surface area contributed by atoms with Crippen molar-refractivity contribution in [1.82, 2.24) is 0 Å². The molecule has 0 spiro atoms. The predicted molar refractivity (Wildman–Crippen MR) is 64.1 cm³/mol. The third kappa shape index (κ3) is 2.68. The molecule has 1 unspecified atom stereocenters. The van der Waals surface area contributed by atoms with E-state index in [9.17, 15) is 13.6 Å². The molecule has 0 saturated heterocycles. The lowest BCUT2D eigenvalue weighted by molar-refractivity contribution is 0.0693. The van der Waals surface area contributed by atoms with Crippen LogP contribution in [0.4, 0.5) is 8.78 Å². The number of alkyl halides is 2. The normalized spacial score (nSPS) is 18.2. The molecule has 1 atom stereocenters. The van der Waals surface area contributed by atoms with Crippen LogP contribution in [-0.4, -0.2) is 17.5 Å². The van der Waals surface area contributed by atoms with E-state index in [-0.39, 0.29) is 11.5 Å². The maximum atomic E-state index is 13.2. The summed E-state index contributed by atoms with van der Waals surface area (Å²) in [5.41, 5.74) is 0.535. The van der Waals surface area contributed by atoms with Crippen molar-refractivity contribution in [3.8, 4) is 0 Å². The minimum absolute atomic E-state index is 0.0194. The number of hydrogen-bond donors (Lipinski definition) is 1. The Balaban J connectivity index is 2.30. The van der Waals surface area contributed by atoms with Crippen LogP contribution < -0.4 is 0 Å². The van der Waals surface area contributed by atoms with Crippen molar-refractivity contribution >= 4 is 5.97 Å². The van der Waals surface area contributed by atoms with Crippen LogP contribution in [0.1, 0.15) is 47.5 Å². The van der Waals surface area contributed by atoms with Gasteiger partial charge in [0.05, 0.1) is 5.56 Å². The summed E-state index contributed by atoms with van der Waals surface area (Å²) in [6, 6.07) is 5.98. The zero-order valence-corrected chi connectivity index (χ0v) is 9.98. The first-order valence-corrected chi connectivity index (χ1v) is 6.21. The lowest BCUT2D eigenvalue weighted by Crippen LogP contribution is -2.18. The fourth-order valence-electron chi connectivity index (χ4n) is 2.82. The average Bonchev–Trinajstić information content (AvgIpc) is 2.82. The zero-order chi connectivity index (χ0) is 13.1. The summed E-state index contributed by atoms with van der Waals surface area (Å²) in [5.74, 6) is -1.92. The van der Waals surface area contributed by atoms with E-state index in [1.54, 1.807) is 12.1 Å². The molecule has 0 aliphatic heterocycles. The number of carboxylic acid groups (broad SMARTS) is 1. The van der Waals surface area contributed by atoms with Crippen LogP contribution in [0.15, 0.2) is 24.3 Å². The van der Waals surface area contributed by atoms with Gasteiger partial charge in [0.15, 0.2) is 0 Å². The maximum absolute atomic E-state index is 13.2. The highest BCUT2D eigenvalue weighted by molar-refractivity contribution is 5.87. The first-order chi connectivity index (χ1) is 8.59. The van der Waals surface area contributed by atoms with Crippen LogP contribution in [0, 0.1) is 5.92 Å². The fourth-order valence-corrected chi connectivity index (χ4v) is 2.82. The van der Waals surface area contributed by atoms with Gasteiger partial charge in [-0.15, -0.1) is 0 Å². The Morgan fingerprint density at radius 3 is 2.50 bits per heavy atom. The van der Waals surface area contributed by atoms with E-state index in [1.807, 2.05) is 0 Å². The minimum atomic E-state index is -2.43. The molecule has 1 aliphatic rings. The van der Waals surface area contributed by atoms with Gasteiger partial charge >= 0.3 is 5.97 Å². The molecule has 1 aromatic rings. The van der Waals surface area contributed by atoms with Crippen molar-refractivity contribution < 1.29 is 18.7 Å². The van der Waals surface area contributed by atoms with E-state index in [0.29, 0.717) is 5.56 Å². The number of carbonyl (C=O) groups is 1. The Morgan fingerprint density at radius 1 is 1.28 bits per heavy atom. The minimum Gasteiger partial charge on any atom is -0.478 e. The molecule has 18 heavy (non-hydrogen) atoms. The molecule has 98 valence electrons. The lowest BCUT2D eigenvalue weighted by atomic mass is 9.84. The molecule has 0 amide bonds. The van der Waals surface area contributed by atoms with E-state index >= 15 is 0 Å². The second kappa shape index (κ2) is 5.46. The number of aromatic carboxylic acids is 1. The van der Waals surface area contributed by atoms with Gasteiger partial charge < -0.3 is 5.11 Å². The quantitative estimate of drug-likeness (QED) is 0.884. The molecule has 1 aromatic carbocycles. The second-order valence-corrected chi connectivity index (χ2v) is 4.84. The zero-order valence-electron chi connectivity index (χ0n) is 9.98. The van der Waals surface area contributed by atoms with Gasteiger partial charge in [-0.2, -0.15) is 0 Å². The molecule has 4 heteroatoms. The Morgan fingerprint density at radius 2 is 1.94 bits per heavy atom. The van der Waals surface area contributed by atoms with Gasteiger partial charge in [0.25, 0.3) is 0 Å². The van der Waals surface area contributed by atoms with Crippen molar-refractivity contribution in [2.45, 2.75) is 38.0 Å². The number of hydrogen-bond acceptors (Lipinski definition) is 1. The summed E-state index contributed by atoms with van der Waals surface area (Å²) >= 11 is 0. The van der Waals surface area contributed by atoms with Crippen LogP contribution in [0.3, 0.4) is 0 Å². The molecule has 0 bridgehead atoms. The molecule has 1 fully saturated rings. The molecule has 0 aromatic heterocycles. The van der Waals surface area contributed by atoms with Crippen LogP contribution in [0.2, 0.25) is 0 Å². The van der Waals surface area contributed by atoms with Crippen LogP contribution in [0.25, 0.3) is 0 Å². The first kappa shape index (κ1) is 13.0. The van der Waals surface area contributed by atoms with Gasteiger partial charge in [0.1, 0.15) is 0 Å². The third-order valence-electron chi connectivity index (χ3n) is 3.70. The fraction of sp³-hybridized carbons (Fsp3) is 0.500. The number of halogens is 2. The van der Waals surface area contributed by atoms with Gasteiger partial charge in [-0.3, -0.25) is 0 Å². The van der Waals surface area contributed by atoms with Crippen molar-refractivity contribution in [1.29, 1.82) is 0 Å². The summed E-state index contributed by atoms with van der Waals surface area (Å²) in [6.07, 6.45) is 1.18. The Hall–Kier alpha value is -1.45. The van der Waals surface area contributed by atoms with Crippen molar-refractivity contribution in [2.75, 3.05) is 0 Å². The Bertz CT molecular complexity index is 426. The van der Waals surface area contributed by atoms with Crippen LogP contribution >= 0.6 is 0 Å². The van der Waals surface area contributed by atoms with E-state index in [1.165, 1.54) is 12.1 Å². The molecular formula is C14H16F2O2. The summed E-state index contributed by atoms with van der Waals surface area (Å²) < 4.78 is 26.4. The molecule has 2 rings (SSSR count). The highest BCUT2D eigenvalue weighted by Gasteiger charge is 2.33. The topological polar surface area (TPSA) is 37.3 Å².